The van der Waals surface area contributed by atoms with E-state index >= 15 is 0 Å². The van der Waals surface area contributed by atoms with Crippen molar-refractivity contribution in [2.75, 3.05) is 26.2 Å². The van der Waals surface area contributed by atoms with Crippen molar-refractivity contribution in [2.24, 2.45) is 0 Å². The molecule has 26 heavy (non-hydrogen) atoms. The van der Waals surface area contributed by atoms with Crippen LogP contribution in [0.2, 0.25) is 5.02 Å². The molecule has 1 aliphatic heterocycles. The zero-order valence-corrected chi connectivity index (χ0v) is 16.0. The molecule has 5 nitrogen and oxygen atoms in total. The van der Waals surface area contributed by atoms with Gasteiger partial charge in [0.1, 0.15) is 0 Å². The Bertz CT molecular complexity index is 745. The van der Waals surface area contributed by atoms with Crippen LogP contribution >= 0.6 is 22.9 Å². The highest BCUT2D eigenvalue weighted by Crippen LogP contribution is 2.27. The van der Waals surface area contributed by atoms with E-state index in [2.05, 4.69) is 27.0 Å². The number of carbonyl (C=O) groups excluding carboxylic acids is 2. The molecule has 1 atom stereocenters. The van der Waals surface area contributed by atoms with Crippen molar-refractivity contribution in [3.63, 3.8) is 0 Å². The van der Waals surface area contributed by atoms with Crippen molar-refractivity contribution in [3.05, 3.63) is 57.2 Å². The lowest BCUT2D eigenvalue weighted by molar-refractivity contribution is -0.120. The van der Waals surface area contributed by atoms with E-state index in [1.54, 1.807) is 35.6 Å². The molecule has 0 radical (unpaired) electrons. The fourth-order valence-electron chi connectivity index (χ4n) is 3.12. The molecule has 0 aliphatic carbocycles. The zero-order valence-electron chi connectivity index (χ0n) is 14.4. The van der Waals surface area contributed by atoms with Gasteiger partial charge in [0.05, 0.1) is 23.2 Å². The SMILES string of the molecule is O=C(CNC(=O)c1ccccc1Cl)NCC(c1cccs1)N1CCCC1. The summed E-state index contributed by atoms with van der Waals surface area (Å²) in [6, 6.07) is 11.1. The van der Waals surface area contributed by atoms with Crippen molar-refractivity contribution >= 4 is 34.8 Å². The number of rotatable bonds is 7. The smallest absolute Gasteiger partial charge is 0.253 e. The number of nitrogens with zero attached hydrogens (tertiary/aromatic N) is 1. The summed E-state index contributed by atoms with van der Waals surface area (Å²) in [6.45, 7) is 2.59. The second-order valence-electron chi connectivity index (χ2n) is 6.24. The van der Waals surface area contributed by atoms with Gasteiger partial charge >= 0.3 is 0 Å². The molecule has 0 spiro atoms. The summed E-state index contributed by atoms with van der Waals surface area (Å²) < 4.78 is 0. The van der Waals surface area contributed by atoms with Gasteiger partial charge < -0.3 is 10.6 Å². The second-order valence-corrected chi connectivity index (χ2v) is 7.63. The van der Waals surface area contributed by atoms with E-state index < -0.39 is 0 Å². The van der Waals surface area contributed by atoms with Crippen LogP contribution < -0.4 is 10.6 Å². The van der Waals surface area contributed by atoms with Crippen LogP contribution in [-0.4, -0.2) is 42.9 Å². The van der Waals surface area contributed by atoms with E-state index in [-0.39, 0.29) is 24.4 Å². The predicted octanol–water partition coefficient (Wildman–Crippen LogP) is 3.08. The van der Waals surface area contributed by atoms with E-state index in [0.717, 1.165) is 13.1 Å². The molecule has 138 valence electrons. The molecule has 1 saturated heterocycles. The van der Waals surface area contributed by atoms with Crippen LogP contribution in [0.25, 0.3) is 0 Å². The molecule has 2 N–H and O–H groups in total. The zero-order chi connectivity index (χ0) is 18.4. The molecule has 1 fully saturated rings. The van der Waals surface area contributed by atoms with Crippen LogP contribution in [-0.2, 0) is 4.79 Å². The number of hydrogen-bond acceptors (Lipinski definition) is 4. The number of nitrogens with one attached hydrogen (secondary N) is 2. The number of thiophene rings is 1. The van der Waals surface area contributed by atoms with E-state index in [0.29, 0.717) is 17.1 Å². The number of halogens is 1. The highest BCUT2D eigenvalue weighted by atomic mass is 35.5. The summed E-state index contributed by atoms with van der Waals surface area (Å²) in [4.78, 5) is 28.0. The van der Waals surface area contributed by atoms with Gasteiger partial charge in [-0.25, -0.2) is 0 Å². The molecular weight excluding hydrogens is 370 g/mol. The van der Waals surface area contributed by atoms with Crippen LogP contribution in [0.3, 0.4) is 0 Å². The Morgan fingerprint density at radius 3 is 2.58 bits per heavy atom. The summed E-state index contributed by atoms with van der Waals surface area (Å²) >= 11 is 7.71. The number of carbonyl (C=O) groups is 2. The van der Waals surface area contributed by atoms with Gasteiger partial charge in [0, 0.05) is 11.4 Å². The Hall–Kier alpha value is -1.89. The average Bonchev–Trinajstić information content (AvgIpc) is 3.35. The Morgan fingerprint density at radius 1 is 1.12 bits per heavy atom. The molecule has 1 unspecified atom stereocenters. The number of likely N-dealkylation sites (tertiary alicyclic amines) is 1. The average molecular weight is 392 g/mol. The molecule has 2 amide bonds. The molecule has 2 heterocycles. The molecular formula is C19H22ClN3O2S. The second kappa shape index (κ2) is 9.16. The first-order chi connectivity index (χ1) is 12.6. The van der Waals surface area contributed by atoms with Crippen molar-refractivity contribution < 1.29 is 9.59 Å². The Balaban J connectivity index is 1.51. The molecule has 7 heteroatoms. The summed E-state index contributed by atoms with van der Waals surface area (Å²) in [7, 11) is 0. The topological polar surface area (TPSA) is 61.4 Å². The maximum absolute atomic E-state index is 12.2. The summed E-state index contributed by atoms with van der Waals surface area (Å²) in [5, 5.41) is 8.00. The van der Waals surface area contributed by atoms with Gasteiger partial charge in [-0.15, -0.1) is 11.3 Å². The summed E-state index contributed by atoms with van der Waals surface area (Å²) in [5.74, 6) is -0.550. The van der Waals surface area contributed by atoms with Gasteiger partial charge in [-0.2, -0.15) is 0 Å². The molecule has 1 aromatic carbocycles. The fourth-order valence-corrected chi connectivity index (χ4v) is 4.20. The maximum atomic E-state index is 12.2. The van der Waals surface area contributed by atoms with E-state index in [4.69, 9.17) is 11.6 Å². The van der Waals surface area contributed by atoms with Gasteiger partial charge in [-0.05, 0) is 49.5 Å². The first kappa shape index (κ1) is 18.9. The minimum absolute atomic E-state index is 0.0682. The van der Waals surface area contributed by atoms with E-state index in [1.807, 2.05) is 6.07 Å². The Kier molecular flexibility index (Phi) is 6.66. The van der Waals surface area contributed by atoms with Gasteiger partial charge in [0.2, 0.25) is 5.91 Å². The molecule has 1 aromatic heterocycles. The molecule has 0 saturated carbocycles. The van der Waals surface area contributed by atoms with Crippen LogP contribution in [0.15, 0.2) is 41.8 Å². The van der Waals surface area contributed by atoms with Crippen molar-refractivity contribution in [1.29, 1.82) is 0 Å². The maximum Gasteiger partial charge on any atom is 0.253 e. The first-order valence-electron chi connectivity index (χ1n) is 8.72. The van der Waals surface area contributed by atoms with E-state index in [1.165, 1.54) is 17.7 Å². The highest BCUT2D eigenvalue weighted by Gasteiger charge is 2.24. The number of hydrogen-bond donors (Lipinski definition) is 2. The standard InChI is InChI=1S/C19H22ClN3O2S/c20-15-7-2-1-6-14(15)19(25)22-13-18(24)21-12-16(17-8-5-11-26-17)23-9-3-4-10-23/h1-2,5-8,11,16H,3-4,9-10,12-13H2,(H,21,24)(H,22,25). The van der Waals surface area contributed by atoms with Crippen LogP contribution in [0.1, 0.15) is 34.1 Å². The first-order valence-corrected chi connectivity index (χ1v) is 9.98. The summed E-state index contributed by atoms with van der Waals surface area (Å²) in [6.07, 6.45) is 2.40. The van der Waals surface area contributed by atoms with E-state index in [9.17, 15) is 9.59 Å². The van der Waals surface area contributed by atoms with Crippen LogP contribution in [0, 0.1) is 0 Å². The number of amides is 2. The van der Waals surface area contributed by atoms with Gasteiger partial charge in [0.15, 0.2) is 0 Å². The van der Waals surface area contributed by atoms with Gasteiger partial charge in [0.25, 0.3) is 5.91 Å². The van der Waals surface area contributed by atoms with Crippen molar-refractivity contribution in [1.82, 2.24) is 15.5 Å². The third-order valence-electron chi connectivity index (χ3n) is 4.47. The van der Waals surface area contributed by atoms with Gasteiger partial charge in [-0.1, -0.05) is 29.8 Å². The third-order valence-corrected chi connectivity index (χ3v) is 5.78. The third kappa shape index (κ3) is 4.84. The van der Waals surface area contributed by atoms with Crippen molar-refractivity contribution in [2.45, 2.75) is 18.9 Å². The minimum Gasteiger partial charge on any atom is -0.353 e. The Morgan fingerprint density at radius 2 is 1.88 bits per heavy atom. The number of benzene rings is 1. The quantitative estimate of drug-likeness (QED) is 0.762. The lowest BCUT2D eigenvalue weighted by atomic mass is 10.2. The van der Waals surface area contributed by atoms with Gasteiger partial charge in [-0.3, -0.25) is 14.5 Å². The minimum atomic E-state index is -0.347. The van der Waals surface area contributed by atoms with Crippen LogP contribution in [0.5, 0.6) is 0 Å². The predicted molar refractivity (Wildman–Crippen MR) is 105 cm³/mol. The highest BCUT2D eigenvalue weighted by molar-refractivity contribution is 7.10. The van der Waals surface area contributed by atoms with Crippen LogP contribution in [0.4, 0.5) is 0 Å². The molecule has 1 aliphatic rings. The lowest BCUT2D eigenvalue weighted by Gasteiger charge is -2.26. The van der Waals surface area contributed by atoms with Crippen molar-refractivity contribution in [3.8, 4) is 0 Å². The summed E-state index contributed by atoms with van der Waals surface area (Å²) in [5.41, 5.74) is 0.371. The molecule has 2 aromatic rings. The molecule has 3 rings (SSSR count). The lowest BCUT2D eigenvalue weighted by Crippen LogP contribution is -2.41. The Labute approximate surface area is 162 Å². The molecule has 0 bridgehead atoms. The normalized spacial score (nSPS) is 15.6. The fraction of sp³-hybridized carbons (Fsp3) is 0.368. The largest absolute Gasteiger partial charge is 0.353 e. The monoisotopic (exact) mass is 391 g/mol.